The molecule has 11 heteroatoms. The molecular formula is C20H17Cl2F3N2O3S. The lowest BCUT2D eigenvalue weighted by molar-refractivity contribution is -0.296. The van der Waals surface area contributed by atoms with Gasteiger partial charge in [0.05, 0.1) is 22.2 Å². The number of nitrogens with two attached hydrogens (primary N) is 1. The van der Waals surface area contributed by atoms with Crippen molar-refractivity contribution in [1.82, 2.24) is 0 Å². The molecule has 31 heavy (non-hydrogen) atoms. The van der Waals surface area contributed by atoms with Gasteiger partial charge in [0.2, 0.25) is 0 Å². The molecule has 2 aromatic rings. The summed E-state index contributed by atoms with van der Waals surface area (Å²) < 4.78 is 63.7. The quantitative estimate of drug-likeness (QED) is 0.663. The first-order valence-electron chi connectivity index (χ1n) is 9.26. The number of aliphatic imine (C=N–C) groups is 1. The Balaban J connectivity index is 1.58. The number of hydrogen-bond acceptors (Lipinski definition) is 5. The number of rotatable bonds is 4. The zero-order valence-electron chi connectivity index (χ0n) is 15.9. The minimum Gasteiger partial charge on any atom is -0.383 e. The van der Waals surface area contributed by atoms with Crippen molar-refractivity contribution < 1.29 is 26.7 Å². The maximum absolute atomic E-state index is 12.8. The molecule has 1 fully saturated rings. The lowest BCUT2D eigenvalue weighted by Crippen LogP contribution is -2.56. The molecule has 0 aromatic heterocycles. The normalized spacial score (nSPS) is 23.3. The van der Waals surface area contributed by atoms with Crippen molar-refractivity contribution in [3.63, 3.8) is 0 Å². The molecule has 2 aromatic carbocycles. The van der Waals surface area contributed by atoms with E-state index in [9.17, 15) is 26.7 Å². The van der Waals surface area contributed by atoms with Gasteiger partial charge < -0.3 is 10.8 Å². The summed E-state index contributed by atoms with van der Waals surface area (Å²) in [6, 6.07) is 7.65. The van der Waals surface area contributed by atoms with Crippen molar-refractivity contribution in [1.29, 1.82) is 0 Å². The molecule has 1 saturated carbocycles. The topological polar surface area (TPSA) is 92.8 Å². The van der Waals surface area contributed by atoms with Crippen molar-refractivity contribution in [2.75, 3.05) is 5.75 Å². The second-order valence-electron chi connectivity index (χ2n) is 7.89. The van der Waals surface area contributed by atoms with E-state index in [1.165, 1.54) is 18.2 Å². The fraction of sp³-hybridized carbons (Fsp3) is 0.350. The maximum atomic E-state index is 12.8. The van der Waals surface area contributed by atoms with Crippen LogP contribution in [-0.2, 0) is 16.4 Å². The third-order valence-electron chi connectivity index (χ3n) is 5.73. The number of sulfone groups is 1. The van der Waals surface area contributed by atoms with E-state index in [0.29, 0.717) is 34.1 Å². The summed E-state index contributed by atoms with van der Waals surface area (Å²) in [6.45, 7) is 0.427. The highest BCUT2D eigenvalue weighted by molar-refractivity contribution is 7.91. The average molecular weight is 493 g/mol. The molecule has 166 valence electrons. The SMILES string of the molecule is NC1=NCc2ccc(-c3ccc(S(=O)(=O)CC4CC(O)(C(F)(F)F)C4)cc3Cl)c(Cl)c21. The van der Waals surface area contributed by atoms with E-state index in [-0.39, 0.29) is 9.92 Å². The molecule has 1 heterocycles. The van der Waals surface area contributed by atoms with Gasteiger partial charge in [0.15, 0.2) is 15.4 Å². The van der Waals surface area contributed by atoms with Crippen LogP contribution in [0.25, 0.3) is 11.1 Å². The fourth-order valence-electron chi connectivity index (χ4n) is 4.04. The molecule has 0 amide bonds. The molecule has 0 atom stereocenters. The third-order valence-corrected chi connectivity index (χ3v) is 8.32. The second kappa shape index (κ2) is 7.37. The van der Waals surface area contributed by atoms with Crippen LogP contribution in [0, 0.1) is 5.92 Å². The molecule has 2 aliphatic rings. The highest BCUT2D eigenvalue weighted by Gasteiger charge is 2.61. The highest BCUT2D eigenvalue weighted by Crippen LogP contribution is 2.49. The smallest absolute Gasteiger partial charge is 0.383 e. The van der Waals surface area contributed by atoms with E-state index in [0.717, 1.165) is 5.56 Å². The number of aliphatic hydroxyl groups is 1. The summed E-state index contributed by atoms with van der Waals surface area (Å²) in [6.07, 6.45) is -6.06. The van der Waals surface area contributed by atoms with E-state index in [1.54, 1.807) is 6.07 Å². The Bertz CT molecular complexity index is 1210. The number of amidine groups is 1. The third kappa shape index (κ3) is 3.82. The van der Waals surface area contributed by atoms with Gasteiger partial charge in [-0.1, -0.05) is 41.4 Å². The van der Waals surface area contributed by atoms with Crippen LogP contribution in [0.15, 0.2) is 40.2 Å². The second-order valence-corrected chi connectivity index (χ2v) is 10.7. The summed E-state index contributed by atoms with van der Waals surface area (Å²) in [7, 11) is -3.90. The van der Waals surface area contributed by atoms with Gasteiger partial charge in [0.1, 0.15) is 5.84 Å². The van der Waals surface area contributed by atoms with Crippen LogP contribution >= 0.6 is 23.2 Å². The van der Waals surface area contributed by atoms with E-state index >= 15 is 0 Å². The van der Waals surface area contributed by atoms with Gasteiger partial charge in [-0.2, -0.15) is 13.2 Å². The maximum Gasteiger partial charge on any atom is 0.417 e. The minimum atomic E-state index is -4.78. The van der Waals surface area contributed by atoms with Crippen LogP contribution in [-0.4, -0.2) is 36.9 Å². The minimum absolute atomic E-state index is 0.109. The van der Waals surface area contributed by atoms with Gasteiger partial charge >= 0.3 is 6.18 Å². The Hall–Kier alpha value is -1.81. The van der Waals surface area contributed by atoms with Crippen LogP contribution in [0.3, 0.4) is 0 Å². The molecule has 3 N–H and O–H groups in total. The first kappa shape index (κ1) is 22.4. The van der Waals surface area contributed by atoms with Gasteiger partial charge in [0.25, 0.3) is 0 Å². The highest BCUT2D eigenvalue weighted by atomic mass is 35.5. The molecular weight excluding hydrogens is 476 g/mol. The van der Waals surface area contributed by atoms with E-state index in [2.05, 4.69) is 4.99 Å². The van der Waals surface area contributed by atoms with Crippen molar-refractivity contribution in [3.05, 3.63) is 51.5 Å². The molecule has 0 saturated heterocycles. The number of halogens is 5. The number of fused-ring (bicyclic) bond motifs is 1. The fourth-order valence-corrected chi connectivity index (χ4v) is 6.39. The zero-order valence-corrected chi connectivity index (χ0v) is 18.2. The van der Waals surface area contributed by atoms with Gasteiger partial charge in [-0.05, 0) is 36.5 Å². The van der Waals surface area contributed by atoms with Gasteiger partial charge in [-0.25, -0.2) is 8.42 Å². The van der Waals surface area contributed by atoms with Crippen LogP contribution in [0.1, 0.15) is 24.0 Å². The summed E-state index contributed by atoms with van der Waals surface area (Å²) in [5, 5.41) is 10.0. The van der Waals surface area contributed by atoms with Crippen LogP contribution in [0.2, 0.25) is 10.0 Å². The van der Waals surface area contributed by atoms with Gasteiger partial charge in [-0.15, -0.1) is 0 Å². The first-order valence-corrected chi connectivity index (χ1v) is 11.7. The monoisotopic (exact) mass is 492 g/mol. The molecule has 0 radical (unpaired) electrons. The predicted molar refractivity (Wildman–Crippen MR) is 112 cm³/mol. The summed E-state index contributed by atoms with van der Waals surface area (Å²) in [5.41, 5.74) is 5.62. The molecule has 5 nitrogen and oxygen atoms in total. The van der Waals surface area contributed by atoms with Gasteiger partial charge in [0, 0.05) is 21.7 Å². The predicted octanol–water partition coefficient (Wildman–Crippen LogP) is 4.36. The Kier molecular flexibility index (Phi) is 5.32. The van der Waals surface area contributed by atoms with Crippen molar-refractivity contribution >= 4 is 38.9 Å². The Morgan fingerprint density at radius 3 is 2.42 bits per heavy atom. The Morgan fingerprint density at radius 2 is 1.81 bits per heavy atom. The number of hydrogen-bond donors (Lipinski definition) is 2. The number of nitrogens with zero attached hydrogens (tertiary/aromatic N) is 1. The summed E-state index contributed by atoms with van der Waals surface area (Å²) in [5.74, 6) is -0.979. The molecule has 0 spiro atoms. The standard InChI is InChI=1S/C20H17Cl2F3N2O3S/c21-15-5-12(31(29,30)9-10-6-19(28,7-10)20(23,24)25)2-4-13(15)14-3-1-11-8-27-18(26)16(11)17(14)22/h1-5,10,28H,6-9H2,(H2,26,27). The number of benzene rings is 2. The first-order chi connectivity index (χ1) is 14.3. The largest absolute Gasteiger partial charge is 0.417 e. The van der Waals surface area contributed by atoms with E-state index < -0.39 is 46.1 Å². The van der Waals surface area contributed by atoms with E-state index in [4.69, 9.17) is 28.9 Å². The summed E-state index contributed by atoms with van der Waals surface area (Å²) in [4.78, 5) is 4.04. The van der Waals surface area contributed by atoms with Crippen molar-refractivity contribution in [2.45, 2.75) is 36.1 Å². The van der Waals surface area contributed by atoms with Crippen molar-refractivity contribution in [2.24, 2.45) is 16.6 Å². The number of alkyl halides is 3. The Morgan fingerprint density at radius 1 is 1.16 bits per heavy atom. The van der Waals surface area contributed by atoms with Crippen LogP contribution in [0.5, 0.6) is 0 Å². The van der Waals surface area contributed by atoms with Crippen LogP contribution < -0.4 is 5.73 Å². The molecule has 0 bridgehead atoms. The zero-order chi connectivity index (χ0) is 22.8. The molecule has 4 rings (SSSR count). The molecule has 1 aliphatic carbocycles. The van der Waals surface area contributed by atoms with Crippen LogP contribution in [0.4, 0.5) is 13.2 Å². The Labute approximate surface area is 186 Å². The van der Waals surface area contributed by atoms with Gasteiger partial charge in [-0.3, -0.25) is 4.99 Å². The van der Waals surface area contributed by atoms with E-state index in [1.807, 2.05) is 6.07 Å². The lowest BCUT2D eigenvalue weighted by atomic mass is 9.71. The molecule has 0 unspecified atom stereocenters. The molecule has 1 aliphatic heterocycles. The van der Waals surface area contributed by atoms with Crippen molar-refractivity contribution in [3.8, 4) is 11.1 Å². The summed E-state index contributed by atoms with van der Waals surface area (Å²) >= 11 is 12.8. The lowest BCUT2D eigenvalue weighted by Gasteiger charge is -2.44. The average Bonchev–Trinajstić information content (AvgIpc) is 3.02.